The first kappa shape index (κ1) is 23.2. The fraction of sp³-hybridized carbons (Fsp3) is 0.346. The van der Waals surface area contributed by atoms with E-state index in [1.54, 1.807) is 7.11 Å². The zero-order valence-corrected chi connectivity index (χ0v) is 20.9. The minimum atomic E-state index is 0.0718. The molecule has 1 aliphatic heterocycles. The number of anilines is 1. The average Bonchev–Trinajstić information content (AvgIpc) is 2.85. The average molecular weight is 509 g/mol. The summed E-state index contributed by atoms with van der Waals surface area (Å²) in [6.07, 6.45) is 1.61. The fourth-order valence-electron chi connectivity index (χ4n) is 4.25. The summed E-state index contributed by atoms with van der Waals surface area (Å²) in [5.74, 6) is 2.70. The van der Waals surface area contributed by atoms with Gasteiger partial charge < -0.3 is 14.5 Å². The van der Waals surface area contributed by atoms with Crippen LogP contribution in [0, 0.1) is 6.92 Å². The lowest BCUT2D eigenvalue weighted by Gasteiger charge is -2.36. The molecule has 1 saturated heterocycles. The Bertz CT molecular complexity index is 1130. The number of halogens is 1. The number of nitrogens with zero attached hydrogens (tertiary/aromatic N) is 4. The molecule has 1 fully saturated rings. The summed E-state index contributed by atoms with van der Waals surface area (Å²) in [6.45, 7) is 6.91. The molecule has 0 unspecified atom stereocenters. The third kappa shape index (κ3) is 5.36. The molecule has 0 bridgehead atoms. The number of aromatic nitrogens is 2. The van der Waals surface area contributed by atoms with Crippen LogP contribution in [0.15, 0.2) is 53.0 Å². The van der Waals surface area contributed by atoms with Crippen molar-refractivity contribution in [2.24, 2.45) is 0 Å². The molecule has 172 valence electrons. The third-order valence-corrected chi connectivity index (χ3v) is 6.49. The minimum absolute atomic E-state index is 0.0718. The van der Waals surface area contributed by atoms with Crippen LogP contribution in [-0.2, 0) is 12.8 Å². The molecule has 1 aromatic heterocycles. The predicted molar refractivity (Wildman–Crippen MR) is 134 cm³/mol. The molecule has 0 saturated carbocycles. The molecular weight excluding hydrogens is 480 g/mol. The molecule has 0 spiro atoms. The van der Waals surface area contributed by atoms with Gasteiger partial charge in [0.1, 0.15) is 17.4 Å². The summed E-state index contributed by atoms with van der Waals surface area (Å²) in [6, 6.07) is 15.7. The minimum Gasteiger partial charge on any atom is -0.497 e. The van der Waals surface area contributed by atoms with Crippen LogP contribution in [0.3, 0.4) is 0 Å². The molecule has 4 rings (SSSR count). The highest BCUT2D eigenvalue weighted by atomic mass is 79.9. The number of aryl methyl sites for hydroxylation is 2. The van der Waals surface area contributed by atoms with Gasteiger partial charge in [0.05, 0.1) is 7.11 Å². The van der Waals surface area contributed by atoms with E-state index >= 15 is 0 Å². The lowest BCUT2D eigenvalue weighted by Crippen LogP contribution is -2.49. The van der Waals surface area contributed by atoms with Crippen LogP contribution in [-0.4, -0.2) is 54.1 Å². The number of carbonyl (C=O) groups excluding carboxylic acids is 1. The van der Waals surface area contributed by atoms with Gasteiger partial charge in [0, 0.05) is 53.9 Å². The van der Waals surface area contributed by atoms with Crippen molar-refractivity contribution in [3.05, 3.63) is 81.2 Å². The summed E-state index contributed by atoms with van der Waals surface area (Å²) in [4.78, 5) is 26.8. The maximum atomic E-state index is 13.0. The molecular formula is C26H29BrN4O2. The van der Waals surface area contributed by atoms with E-state index in [1.165, 1.54) is 11.1 Å². The number of piperazine rings is 1. The number of rotatable bonds is 6. The van der Waals surface area contributed by atoms with Gasteiger partial charge in [-0.3, -0.25) is 4.79 Å². The third-order valence-electron chi connectivity index (χ3n) is 6.00. The van der Waals surface area contributed by atoms with Crippen molar-refractivity contribution in [3.8, 4) is 5.75 Å². The molecule has 2 aromatic carbocycles. The van der Waals surface area contributed by atoms with Crippen molar-refractivity contribution in [1.82, 2.24) is 14.9 Å². The van der Waals surface area contributed by atoms with Gasteiger partial charge in [-0.05, 0) is 49.2 Å². The molecule has 0 N–H and O–H groups in total. The number of benzene rings is 2. The SMILES string of the molecule is CCc1nc(C)nc(N2CCN(C(=O)c3cccc(Br)c3)CC2)c1Cc1ccc(OC)cc1. The maximum absolute atomic E-state index is 13.0. The Balaban J connectivity index is 1.55. The van der Waals surface area contributed by atoms with E-state index in [4.69, 9.17) is 14.7 Å². The van der Waals surface area contributed by atoms with Crippen LogP contribution in [0.25, 0.3) is 0 Å². The largest absolute Gasteiger partial charge is 0.497 e. The van der Waals surface area contributed by atoms with Crippen molar-refractivity contribution in [2.75, 3.05) is 38.2 Å². The summed E-state index contributed by atoms with van der Waals surface area (Å²) in [5, 5.41) is 0. The molecule has 1 aliphatic rings. The van der Waals surface area contributed by atoms with Gasteiger partial charge in [-0.15, -0.1) is 0 Å². The maximum Gasteiger partial charge on any atom is 0.254 e. The summed E-state index contributed by atoms with van der Waals surface area (Å²) in [5.41, 5.74) is 4.16. The molecule has 3 aromatic rings. The van der Waals surface area contributed by atoms with Crippen LogP contribution >= 0.6 is 15.9 Å². The van der Waals surface area contributed by atoms with Crippen LogP contribution in [0.4, 0.5) is 5.82 Å². The summed E-state index contributed by atoms with van der Waals surface area (Å²) < 4.78 is 6.21. The molecule has 6 nitrogen and oxygen atoms in total. The zero-order chi connectivity index (χ0) is 23.4. The number of hydrogen-bond donors (Lipinski definition) is 0. The van der Waals surface area contributed by atoms with Crippen molar-refractivity contribution >= 4 is 27.7 Å². The summed E-state index contributed by atoms with van der Waals surface area (Å²) >= 11 is 3.46. The van der Waals surface area contributed by atoms with Gasteiger partial charge in [0.15, 0.2) is 0 Å². The lowest BCUT2D eigenvalue weighted by atomic mass is 10.0. The van der Waals surface area contributed by atoms with Gasteiger partial charge in [-0.1, -0.05) is 41.1 Å². The van der Waals surface area contributed by atoms with Gasteiger partial charge in [0.2, 0.25) is 0 Å². The lowest BCUT2D eigenvalue weighted by molar-refractivity contribution is 0.0746. The second kappa shape index (κ2) is 10.3. The number of hydrogen-bond acceptors (Lipinski definition) is 5. The van der Waals surface area contributed by atoms with E-state index in [9.17, 15) is 4.79 Å². The molecule has 33 heavy (non-hydrogen) atoms. The van der Waals surface area contributed by atoms with E-state index in [2.05, 4.69) is 39.9 Å². The molecule has 1 amide bonds. The van der Waals surface area contributed by atoms with Crippen LogP contribution in [0.1, 0.15) is 39.9 Å². The van der Waals surface area contributed by atoms with Gasteiger partial charge in [-0.25, -0.2) is 9.97 Å². The highest BCUT2D eigenvalue weighted by molar-refractivity contribution is 9.10. The van der Waals surface area contributed by atoms with Gasteiger partial charge in [0.25, 0.3) is 5.91 Å². The second-order valence-corrected chi connectivity index (χ2v) is 9.10. The molecule has 0 aliphatic carbocycles. The fourth-order valence-corrected chi connectivity index (χ4v) is 4.64. The van der Waals surface area contributed by atoms with Crippen molar-refractivity contribution < 1.29 is 9.53 Å². The molecule has 0 atom stereocenters. The smallest absolute Gasteiger partial charge is 0.254 e. The zero-order valence-electron chi connectivity index (χ0n) is 19.3. The first-order chi connectivity index (χ1) is 16.0. The topological polar surface area (TPSA) is 58.6 Å². The Hall–Kier alpha value is -2.93. The predicted octanol–water partition coefficient (Wildman–Crippen LogP) is 4.67. The Morgan fingerprint density at radius 2 is 1.79 bits per heavy atom. The van der Waals surface area contributed by atoms with E-state index in [0.29, 0.717) is 18.7 Å². The van der Waals surface area contributed by atoms with Crippen molar-refractivity contribution in [2.45, 2.75) is 26.7 Å². The Labute approximate surface area is 203 Å². The standard InChI is InChI=1S/C26H29BrN4O2/c1-4-24-23(16-19-8-10-22(33-3)11-9-19)25(29-18(2)28-24)30-12-14-31(15-13-30)26(32)20-6-5-7-21(27)17-20/h5-11,17H,4,12-16H2,1-3H3. The molecule has 2 heterocycles. The first-order valence-corrected chi connectivity index (χ1v) is 12.1. The number of ether oxygens (including phenoxy) is 1. The Morgan fingerprint density at radius 1 is 1.06 bits per heavy atom. The quantitative estimate of drug-likeness (QED) is 0.484. The van der Waals surface area contributed by atoms with Crippen molar-refractivity contribution in [1.29, 1.82) is 0 Å². The van der Waals surface area contributed by atoms with Crippen LogP contribution in [0.2, 0.25) is 0 Å². The number of amides is 1. The molecule has 0 radical (unpaired) electrons. The van der Waals surface area contributed by atoms with E-state index in [1.807, 2.05) is 48.2 Å². The van der Waals surface area contributed by atoms with E-state index in [-0.39, 0.29) is 5.91 Å². The second-order valence-electron chi connectivity index (χ2n) is 8.19. The number of carbonyl (C=O) groups is 1. The number of methoxy groups -OCH3 is 1. The normalized spacial score (nSPS) is 13.8. The van der Waals surface area contributed by atoms with E-state index < -0.39 is 0 Å². The highest BCUT2D eigenvalue weighted by Gasteiger charge is 2.26. The highest BCUT2D eigenvalue weighted by Crippen LogP contribution is 2.27. The summed E-state index contributed by atoms with van der Waals surface area (Å²) in [7, 11) is 1.68. The Kier molecular flexibility index (Phi) is 7.28. The van der Waals surface area contributed by atoms with Crippen LogP contribution in [0.5, 0.6) is 5.75 Å². The van der Waals surface area contributed by atoms with E-state index in [0.717, 1.165) is 53.5 Å². The monoisotopic (exact) mass is 508 g/mol. The first-order valence-electron chi connectivity index (χ1n) is 11.3. The molecule has 7 heteroatoms. The van der Waals surface area contributed by atoms with Crippen molar-refractivity contribution in [3.63, 3.8) is 0 Å². The van der Waals surface area contributed by atoms with Gasteiger partial charge >= 0.3 is 0 Å². The Morgan fingerprint density at radius 3 is 2.42 bits per heavy atom. The van der Waals surface area contributed by atoms with Crippen LogP contribution < -0.4 is 9.64 Å². The van der Waals surface area contributed by atoms with Gasteiger partial charge in [-0.2, -0.15) is 0 Å².